The van der Waals surface area contributed by atoms with Crippen molar-refractivity contribution in [1.29, 1.82) is 0 Å². The third kappa shape index (κ3) is 78.2. The summed E-state index contributed by atoms with van der Waals surface area (Å²) in [6.07, 6.45) is 65.2. The highest BCUT2D eigenvalue weighted by molar-refractivity contribution is 7.47. The summed E-state index contributed by atoms with van der Waals surface area (Å²) >= 11 is 0. The number of carbonyl (C=O) groups excluding carboxylic acids is 4. The van der Waals surface area contributed by atoms with E-state index in [1.807, 2.05) is 0 Å². The van der Waals surface area contributed by atoms with Crippen molar-refractivity contribution in [3.63, 3.8) is 0 Å². The Bertz CT molecular complexity index is 2010. The molecule has 2 unspecified atom stereocenters. The molecule has 5 atom stereocenters. The molecule has 0 aromatic carbocycles. The summed E-state index contributed by atoms with van der Waals surface area (Å²) in [6.45, 7) is 12.0. The molecule has 0 aliphatic rings. The van der Waals surface area contributed by atoms with E-state index >= 15 is 0 Å². The second-order valence-electron chi connectivity index (χ2n) is 32.0. The lowest BCUT2D eigenvalue weighted by molar-refractivity contribution is -0.161. The number of aliphatic hydroxyl groups is 1. The van der Waals surface area contributed by atoms with Crippen molar-refractivity contribution in [3.8, 4) is 0 Å². The molecule has 0 aliphatic carbocycles. The van der Waals surface area contributed by atoms with Crippen LogP contribution in [0.1, 0.15) is 447 Å². The first-order valence-corrected chi connectivity index (χ1v) is 46.8. The Balaban J connectivity index is 5.25. The van der Waals surface area contributed by atoms with Gasteiger partial charge in [0.2, 0.25) is 0 Å². The Labute approximate surface area is 638 Å². The molecule has 0 aromatic heterocycles. The maximum atomic E-state index is 13.1. The molecule has 0 radical (unpaired) electrons. The van der Waals surface area contributed by atoms with Crippen molar-refractivity contribution in [2.45, 2.75) is 465 Å². The van der Waals surface area contributed by atoms with E-state index in [0.29, 0.717) is 25.7 Å². The van der Waals surface area contributed by atoms with Crippen LogP contribution in [0.25, 0.3) is 0 Å². The zero-order chi connectivity index (χ0) is 76.5. The number of ether oxygens (including phenoxy) is 4. The number of unbranched alkanes of at least 4 members (excludes halogenated alkanes) is 51. The van der Waals surface area contributed by atoms with Gasteiger partial charge in [0.15, 0.2) is 12.2 Å². The van der Waals surface area contributed by atoms with Crippen LogP contribution in [-0.2, 0) is 65.4 Å². The van der Waals surface area contributed by atoms with Gasteiger partial charge in [0.25, 0.3) is 0 Å². The predicted octanol–water partition coefficient (Wildman–Crippen LogP) is 25.7. The molecule has 618 valence electrons. The van der Waals surface area contributed by atoms with Crippen molar-refractivity contribution >= 4 is 39.5 Å². The minimum atomic E-state index is -4.97. The van der Waals surface area contributed by atoms with Crippen LogP contribution in [0.2, 0.25) is 0 Å². The van der Waals surface area contributed by atoms with Crippen LogP contribution < -0.4 is 0 Å². The van der Waals surface area contributed by atoms with E-state index in [4.69, 9.17) is 37.0 Å². The van der Waals surface area contributed by atoms with Crippen molar-refractivity contribution in [1.82, 2.24) is 0 Å². The quantitative estimate of drug-likeness (QED) is 0.0222. The molecular weight excluding hydrogens is 1350 g/mol. The first-order chi connectivity index (χ1) is 50.2. The molecule has 17 nitrogen and oxygen atoms in total. The number of carbonyl (C=O) groups is 4. The van der Waals surface area contributed by atoms with Crippen molar-refractivity contribution in [3.05, 3.63) is 0 Å². The molecule has 0 bridgehead atoms. The molecule has 0 rings (SSSR count). The first-order valence-electron chi connectivity index (χ1n) is 43.8. The van der Waals surface area contributed by atoms with Crippen LogP contribution in [0, 0.1) is 17.8 Å². The molecule has 0 aromatic rings. The van der Waals surface area contributed by atoms with Gasteiger partial charge < -0.3 is 33.8 Å². The summed E-state index contributed by atoms with van der Waals surface area (Å²) in [6, 6.07) is 0. The molecule has 104 heavy (non-hydrogen) atoms. The lowest BCUT2D eigenvalue weighted by atomic mass is 10.0. The predicted molar refractivity (Wildman–Crippen MR) is 428 cm³/mol. The molecule has 0 spiro atoms. The SMILES string of the molecule is CCCCCCCCCCCCCCCC(=O)OC[C@H](COP(=O)(O)OC[C@H](O)COP(=O)(O)OC[C@@H](COC(=O)CCCCCCCCCCCCCCCCC(C)C)OC(=O)CCCCCCCCCCCCCCCCCCCCC(C)C)OC(=O)CCCCCCCCCCCCC(C)C. The number of aliphatic hydroxyl groups excluding tert-OH is 1. The zero-order valence-electron chi connectivity index (χ0n) is 68.5. The fourth-order valence-electron chi connectivity index (χ4n) is 13.2. The van der Waals surface area contributed by atoms with Crippen LogP contribution in [0.15, 0.2) is 0 Å². The number of phosphoric acid groups is 2. The van der Waals surface area contributed by atoms with Gasteiger partial charge in [-0.05, 0) is 43.4 Å². The number of hydrogen-bond acceptors (Lipinski definition) is 15. The summed E-state index contributed by atoms with van der Waals surface area (Å²) in [4.78, 5) is 73.2. The highest BCUT2D eigenvalue weighted by Gasteiger charge is 2.30. The standard InChI is InChI=1S/C85H166O17P2/c1-8-9-10-11-12-13-14-23-30-38-45-52-59-66-82(87)95-73-81(102-85(90)69-62-55-48-41-34-33-37-44-51-58-65-78(6)7)75-100-104(93,94)98-71-79(86)70-97-103(91,92)99-74-80(72-96-83(88)67-60-53-46-39-31-26-22-21-25-29-36-43-50-57-64-77(4)5)101-84(89)68-61-54-47-40-32-27-20-18-16-15-17-19-24-28-35-42-49-56-63-76(2)3/h76-81,86H,8-75H2,1-7H3,(H,91,92)(H,93,94)/t79-,80-,81-/m1/s1. The smallest absolute Gasteiger partial charge is 0.462 e. The van der Waals surface area contributed by atoms with Gasteiger partial charge in [-0.15, -0.1) is 0 Å². The van der Waals surface area contributed by atoms with Gasteiger partial charge in [-0.1, -0.05) is 395 Å². The lowest BCUT2D eigenvalue weighted by Crippen LogP contribution is -2.30. The number of esters is 4. The Morgan fingerprint density at radius 3 is 0.654 bits per heavy atom. The minimum Gasteiger partial charge on any atom is -0.462 e. The van der Waals surface area contributed by atoms with Gasteiger partial charge in [-0.25, -0.2) is 9.13 Å². The molecule has 0 aliphatic heterocycles. The summed E-state index contributed by atoms with van der Waals surface area (Å²) < 4.78 is 68.9. The van der Waals surface area contributed by atoms with Gasteiger partial charge in [-0.2, -0.15) is 0 Å². The van der Waals surface area contributed by atoms with Crippen molar-refractivity contribution < 1.29 is 80.2 Å². The Morgan fingerprint density at radius 1 is 0.260 bits per heavy atom. The monoisotopic (exact) mass is 1520 g/mol. The van der Waals surface area contributed by atoms with E-state index in [9.17, 15) is 43.2 Å². The van der Waals surface area contributed by atoms with Crippen molar-refractivity contribution in [2.24, 2.45) is 17.8 Å². The number of phosphoric ester groups is 2. The zero-order valence-corrected chi connectivity index (χ0v) is 70.3. The largest absolute Gasteiger partial charge is 0.472 e. The minimum absolute atomic E-state index is 0.106. The number of hydrogen-bond donors (Lipinski definition) is 3. The third-order valence-electron chi connectivity index (χ3n) is 19.9. The maximum Gasteiger partial charge on any atom is 0.472 e. The van der Waals surface area contributed by atoms with Gasteiger partial charge in [0.05, 0.1) is 26.4 Å². The fourth-order valence-corrected chi connectivity index (χ4v) is 14.8. The summed E-state index contributed by atoms with van der Waals surface area (Å²) in [5.74, 6) is 0.267. The molecule has 0 saturated heterocycles. The Morgan fingerprint density at radius 2 is 0.442 bits per heavy atom. The second kappa shape index (κ2) is 75.1. The molecule has 0 heterocycles. The molecule has 0 amide bonds. The third-order valence-corrected chi connectivity index (χ3v) is 21.8. The van der Waals surface area contributed by atoms with Gasteiger partial charge in [0, 0.05) is 25.7 Å². The summed E-state index contributed by atoms with van der Waals surface area (Å²) in [5.41, 5.74) is 0. The normalized spacial score (nSPS) is 13.9. The summed E-state index contributed by atoms with van der Waals surface area (Å²) in [7, 11) is -9.93. The van der Waals surface area contributed by atoms with E-state index < -0.39 is 97.5 Å². The lowest BCUT2D eigenvalue weighted by Gasteiger charge is -2.21. The van der Waals surface area contributed by atoms with Crippen LogP contribution >= 0.6 is 15.6 Å². The highest BCUT2D eigenvalue weighted by Crippen LogP contribution is 2.45. The van der Waals surface area contributed by atoms with Gasteiger partial charge in [-0.3, -0.25) is 37.3 Å². The first kappa shape index (κ1) is 102. The molecule has 3 N–H and O–H groups in total. The topological polar surface area (TPSA) is 237 Å². The van der Waals surface area contributed by atoms with E-state index in [2.05, 4.69) is 48.5 Å². The molecule has 0 saturated carbocycles. The van der Waals surface area contributed by atoms with E-state index in [1.165, 1.54) is 257 Å². The molecular formula is C85H166O17P2. The van der Waals surface area contributed by atoms with E-state index in [1.54, 1.807) is 0 Å². The van der Waals surface area contributed by atoms with E-state index in [-0.39, 0.29) is 25.7 Å². The van der Waals surface area contributed by atoms with Crippen LogP contribution in [0.5, 0.6) is 0 Å². The average Bonchev–Trinajstić information content (AvgIpc) is 0.931. The Kier molecular flexibility index (Phi) is 73.7. The van der Waals surface area contributed by atoms with Crippen LogP contribution in [0.4, 0.5) is 0 Å². The molecule has 0 fully saturated rings. The van der Waals surface area contributed by atoms with Crippen LogP contribution in [-0.4, -0.2) is 96.7 Å². The molecule has 19 heteroatoms. The van der Waals surface area contributed by atoms with Gasteiger partial charge in [0.1, 0.15) is 19.3 Å². The average molecular weight is 1520 g/mol. The van der Waals surface area contributed by atoms with Crippen LogP contribution in [0.3, 0.4) is 0 Å². The van der Waals surface area contributed by atoms with E-state index in [0.717, 1.165) is 108 Å². The fraction of sp³-hybridized carbons (Fsp3) is 0.953. The van der Waals surface area contributed by atoms with Gasteiger partial charge >= 0.3 is 39.5 Å². The van der Waals surface area contributed by atoms with Crippen molar-refractivity contribution in [2.75, 3.05) is 39.6 Å². The second-order valence-corrected chi connectivity index (χ2v) is 34.9. The highest BCUT2D eigenvalue weighted by atomic mass is 31.2. The summed E-state index contributed by atoms with van der Waals surface area (Å²) in [5, 5.41) is 10.7. The number of rotatable bonds is 83. The maximum absolute atomic E-state index is 13.1. The Hall–Kier alpha value is -1.94.